The summed E-state index contributed by atoms with van der Waals surface area (Å²) in [5, 5.41) is 6.83. The number of nitrogens with zero attached hydrogens (tertiary/aromatic N) is 2. The van der Waals surface area contributed by atoms with E-state index in [-0.39, 0.29) is 41.5 Å². The number of halogens is 1. The molecule has 0 spiro atoms. The summed E-state index contributed by atoms with van der Waals surface area (Å²) in [6.45, 7) is 10.3. The summed E-state index contributed by atoms with van der Waals surface area (Å²) < 4.78 is 11.3. The van der Waals surface area contributed by atoms with Crippen molar-refractivity contribution in [2.75, 3.05) is 40.3 Å². The van der Waals surface area contributed by atoms with Crippen LogP contribution in [0.3, 0.4) is 0 Å². The summed E-state index contributed by atoms with van der Waals surface area (Å²) >= 11 is 0. The van der Waals surface area contributed by atoms with Crippen molar-refractivity contribution in [3.63, 3.8) is 0 Å². The first-order valence-corrected chi connectivity index (χ1v) is 9.20. The molecule has 1 fully saturated rings. The van der Waals surface area contributed by atoms with Crippen LogP contribution >= 0.6 is 24.0 Å². The number of ether oxygens (including phenoxy) is 1. The van der Waals surface area contributed by atoms with Crippen molar-refractivity contribution in [1.29, 1.82) is 0 Å². The van der Waals surface area contributed by atoms with Crippen molar-refractivity contribution in [2.24, 2.45) is 10.4 Å². The van der Waals surface area contributed by atoms with Crippen LogP contribution in [0.15, 0.2) is 27.8 Å². The number of guanidine groups is 1. The monoisotopic (exact) mass is 478 g/mol. The minimum Gasteiger partial charge on any atom is -0.468 e. The Morgan fingerprint density at radius 3 is 2.42 bits per heavy atom. The number of aliphatic imine (C=N–C) groups is 1. The molecule has 0 radical (unpaired) electrons. The molecule has 0 aromatic carbocycles. The molecule has 150 valence electrons. The molecule has 6 nitrogen and oxygen atoms in total. The van der Waals surface area contributed by atoms with Crippen LogP contribution in [0.1, 0.15) is 45.4 Å². The van der Waals surface area contributed by atoms with E-state index in [0.29, 0.717) is 0 Å². The molecular formula is C19H35IN4O2. The lowest BCUT2D eigenvalue weighted by Crippen LogP contribution is -2.47. The summed E-state index contributed by atoms with van der Waals surface area (Å²) in [6, 6.07) is 4.25. The van der Waals surface area contributed by atoms with Gasteiger partial charge in [0.2, 0.25) is 0 Å². The Morgan fingerprint density at radius 2 is 1.92 bits per heavy atom. The van der Waals surface area contributed by atoms with E-state index < -0.39 is 0 Å². The van der Waals surface area contributed by atoms with Gasteiger partial charge in [-0.2, -0.15) is 0 Å². The zero-order valence-corrected chi connectivity index (χ0v) is 19.1. The molecule has 2 N–H and O–H groups in total. The quantitative estimate of drug-likeness (QED) is 0.358. The van der Waals surface area contributed by atoms with Gasteiger partial charge < -0.3 is 19.8 Å². The van der Waals surface area contributed by atoms with E-state index in [4.69, 9.17) is 9.15 Å². The van der Waals surface area contributed by atoms with Crippen molar-refractivity contribution >= 4 is 29.9 Å². The van der Waals surface area contributed by atoms with Crippen molar-refractivity contribution in [2.45, 2.75) is 45.8 Å². The molecule has 2 rings (SSSR count). The largest absolute Gasteiger partial charge is 0.468 e. The van der Waals surface area contributed by atoms with Crippen molar-refractivity contribution in [1.82, 2.24) is 15.5 Å². The van der Waals surface area contributed by atoms with E-state index in [1.54, 1.807) is 20.4 Å². The lowest BCUT2D eigenvalue weighted by Gasteiger charge is -2.30. The van der Waals surface area contributed by atoms with Crippen molar-refractivity contribution in [3.05, 3.63) is 24.2 Å². The Morgan fingerprint density at radius 1 is 1.27 bits per heavy atom. The summed E-state index contributed by atoms with van der Waals surface area (Å²) in [5.41, 5.74) is 0.0762. The Balaban J connectivity index is 0.00000338. The maximum absolute atomic E-state index is 5.67. The van der Waals surface area contributed by atoms with E-state index >= 15 is 0 Å². The van der Waals surface area contributed by atoms with Gasteiger partial charge in [-0.25, -0.2) is 0 Å². The Labute approximate surface area is 175 Å². The van der Waals surface area contributed by atoms with E-state index in [0.717, 1.165) is 37.9 Å². The molecule has 1 saturated heterocycles. The number of nitrogens with one attached hydrogen (secondary N) is 2. The number of hydrogen-bond donors (Lipinski definition) is 2. The Hall–Kier alpha value is -0.800. The average Bonchev–Trinajstić information content (AvgIpc) is 3.26. The smallest absolute Gasteiger partial charge is 0.191 e. The molecule has 7 heteroatoms. The van der Waals surface area contributed by atoms with Crippen LogP contribution in [0.4, 0.5) is 0 Å². The molecule has 0 aliphatic carbocycles. The van der Waals surface area contributed by atoms with Gasteiger partial charge in [-0.1, -0.05) is 20.8 Å². The molecule has 2 unspecified atom stereocenters. The highest BCUT2D eigenvalue weighted by molar-refractivity contribution is 14.0. The minimum atomic E-state index is 0. The van der Waals surface area contributed by atoms with Crippen LogP contribution in [0.2, 0.25) is 0 Å². The summed E-state index contributed by atoms with van der Waals surface area (Å²) in [4.78, 5) is 6.82. The van der Waals surface area contributed by atoms with E-state index in [9.17, 15) is 0 Å². The zero-order chi connectivity index (χ0) is 18.3. The van der Waals surface area contributed by atoms with Crippen LogP contribution in [0.5, 0.6) is 0 Å². The maximum atomic E-state index is 5.67. The van der Waals surface area contributed by atoms with E-state index in [1.165, 1.54) is 12.8 Å². The lowest BCUT2D eigenvalue weighted by atomic mass is 9.89. The SMILES string of the molecule is CN=C(NCC(c1ccco1)N1CCCC1)NCC(OC)C(C)(C)C.I. The van der Waals surface area contributed by atoms with E-state index in [1.807, 2.05) is 6.07 Å². The first-order valence-electron chi connectivity index (χ1n) is 9.20. The van der Waals surface area contributed by atoms with Crippen LogP contribution in [-0.2, 0) is 4.74 Å². The molecule has 1 aromatic heterocycles. The van der Waals surface area contributed by atoms with Crippen LogP contribution < -0.4 is 10.6 Å². The van der Waals surface area contributed by atoms with Gasteiger partial charge in [-0.15, -0.1) is 24.0 Å². The fraction of sp³-hybridized carbons (Fsp3) is 0.737. The molecule has 26 heavy (non-hydrogen) atoms. The number of hydrogen-bond acceptors (Lipinski definition) is 4. The van der Waals surface area contributed by atoms with Gasteiger partial charge in [0.1, 0.15) is 5.76 Å². The number of rotatable bonds is 7. The standard InChI is InChI=1S/C19H34N4O2.HI/c1-19(2,3)17(24-5)14-22-18(20-4)21-13-15(16-9-8-12-25-16)23-10-6-7-11-23;/h8-9,12,15,17H,6-7,10-11,13-14H2,1-5H3,(H2,20,21,22);1H. The third-order valence-electron chi connectivity index (χ3n) is 4.84. The van der Waals surface area contributed by atoms with Gasteiger partial charge in [0.25, 0.3) is 0 Å². The summed E-state index contributed by atoms with van der Waals surface area (Å²) in [5.74, 6) is 1.80. The average molecular weight is 478 g/mol. The van der Waals surface area contributed by atoms with Crippen LogP contribution in [0, 0.1) is 5.41 Å². The second-order valence-electron chi connectivity index (χ2n) is 7.70. The van der Waals surface area contributed by atoms with E-state index in [2.05, 4.69) is 47.4 Å². The molecule has 1 aliphatic heterocycles. The van der Waals surface area contributed by atoms with Gasteiger partial charge in [0, 0.05) is 27.2 Å². The van der Waals surface area contributed by atoms with Crippen LogP contribution in [0.25, 0.3) is 0 Å². The number of methoxy groups -OCH3 is 1. The molecule has 1 aliphatic rings. The van der Waals surface area contributed by atoms with Gasteiger partial charge in [-0.3, -0.25) is 9.89 Å². The van der Waals surface area contributed by atoms with Gasteiger partial charge in [0.05, 0.1) is 18.4 Å². The lowest BCUT2D eigenvalue weighted by molar-refractivity contribution is 0.0205. The predicted octanol–water partition coefficient (Wildman–Crippen LogP) is 3.26. The summed E-state index contributed by atoms with van der Waals surface area (Å²) in [7, 11) is 3.56. The molecule has 2 atom stereocenters. The zero-order valence-electron chi connectivity index (χ0n) is 16.7. The van der Waals surface area contributed by atoms with Gasteiger partial charge in [0.15, 0.2) is 5.96 Å². The highest BCUT2D eigenvalue weighted by Crippen LogP contribution is 2.25. The molecular weight excluding hydrogens is 443 g/mol. The normalized spacial score (nSPS) is 18.3. The second kappa shape index (κ2) is 11.1. The molecule has 1 aromatic rings. The Kier molecular flexibility index (Phi) is 9.95. The third kappa shape index (κ3) is 6.74. The third-order valence-corrected chi connectivity index (χ3v) is 4.84. The van der Waals surface area contributed by atoms with Gasteiger partial charge in [-0.05, 0) is 43.5 Å². The van der Waals surface area contributed by atoms with Crippen molar-refractivity contribution in [3.8, 4) is 0 Å². The summed E-state index contributed by atoms with van der Waals surface area (Å²) in [6.07, 6.45) is 4.37. The first-order chi connectivity index (χ1) is 12.0. The maximum Gasteiger partial charge on any atom is 0.191 e. The molecule has 0 saturated carbocycles. The molecule has 2 heterocycles. The fourth-order valence-electron chi connectivity index (χ4n) is 3.29. The number of likely N-dealkylation sites (tertiary alicyclic amines) is 1. The number of furan rings is 1. The first kappa shape index (κ1) is 23.2. The highest BCUT2D eigenvalue weighted by atomic mass is 127. The highest BCUT2D eigenvalue weighted by Gasteiger charge is 2.27. The van der Waals surface area contributed by atoms with Gasteiger partial charge >= 0.3 is 0 Å². The predicted molar refractivity (Wildman–Crippen MR) is 117 cm³/mol. The second-order valence-corrected chi connectivity index (χ2v) is 7.70. The fourth-order valence-corrected chi connectivity index (χ4v) is 3.29. The van der Waals surface area contributed by atoms with Crippen molar-refractivity contribution < 1.29 is 9.15 Å². The van der Waals surface area contributed by atoms with Crippen LogP contribution in [-0.4, -0.2) is 57.3 Å². The molecule has 0 bridgehead atoms. The molecule has 0 amide bonds. The minimum absolute atomic E-state index is 0. The Bertz CT molecular complexity index is 522. The topological polar surface area (TPSA) is 62.0 Å².